The lowest BCUT2D eigenvalue weighted by molar-refractivity contribution is -0.114. The zero-order chi connectivity index (χ0) is 15.8. The Labute approximate surface area is 129 Å². The van der Waals surface area contributed by atoms with Crippen molar-refractivity contribution < 1.29 is 14.3 Å². The Kier molecular flexibility index (Phi) is 4.42. The Balaban J connectivity index is 2.41. The van der Waals surface area contributed by atoms with E-state index in [1.165, 1.54) is 30.2 Å². The number of nitrogens with one attached hydrogen (secondary N) is 1. The Morgan fingerprint density at radius 3 is 2.52 bits per heavy atom. The summed E-state index contributed by atoms with van der Waals surface area (Å²) in [5.74, 6) is 0.0795. The zero-order valence-corrected chi connectivity index (χ0v) is 14.1. The number of rotatable bonds is 2. The summed E-state index contributed by atoms with van der Waals surface area (Å²) < 4.78 is 4.89. The van der Waals surface area contributed by atoms with Crippen LogP contribution in [0, 0.1) is 11.3 Å². The molecule has 1 atom stereocenters. The van der Waals surface area contributed by atoms with Crippen LogP contribution in [0.3, 0.4) is 0 Å². The molecule has 1 unspecified atom stereocenters. The second-order valence-corrected chi connectivity index (χ2v) is 7.79. The van der Waals surface area contributed by atoms with Crippen molar-refractivity contribution in [2.75, 3.05) is 12.4 Å². The van der Waals surface area contributed by atoms with Gasteiger partial charge in [-0.1, -0.05) is 20.8 Å². The minimum atomic E-state index is -0.356. The van der Waals surface area contributed by atoms with Gasteiger partial charge in [-0.2, -0.15) is 0 Å². The van der Waals surface area contributed by atoms with Crippen LogP contribution in [0.25, 0.3) is 0 Å². The van der Waals surface area contributed by atoms with E-state index >= 15 is 0 Å². The van der Waals surface area contributed by atoms with E-state index in [9.17, 15) is 9.59 Å². The summed E-state index contributed by atoms with van der Waals surface area (Å²) in [5.41, 5.74) is 1.87. The van der Waals surface area contributed by atoms with Crippen molar-refractivity contribution in [1.29, 1.82) is 0 Å². The van der Waals surface area contributed by atoms with Gasteiger partial charge < -0.3 is 10.1 Å². The third-order valence-electron chi connectivity index (χ3n) is 4.17. The zero-order valence-electron chi connectivity index (χ0n) is 13.3. The summed E-state index contributed by atoms with van der Waals surface area (Å²) in [7, 11) is 1.38. The first kappa shape index (κ1) is 16.0. The number of methoxy groups -OCH3 is 1. The average molecular weight is 309 g/mol. The topological polar surface area (TPSA) is 55.4 Å². The van der Waals surface area contributed by atoms with Gasteiger partial charge in [-0.15, -0.1) is 11.3 Å². The van der Waals surface area contributed by atoms with Gasteiger partial charge in [0.05, 0.1) is 12.7 Å². The first-order valence-corrected chi connectivity index (χ1v) is 8.06. The molecule has 0 fully saturated rings. The molecule has 2 rings (SSSR count). The van der Waals surface area contributed by atoms with Crippen LogP contribution in [-0.2, 0) is 22.4 Å². The molecule has 1 amide bonds. The summed E-state index contributed by atoms with van der Waals surface area (Å²) in [6.45, 7) is 8.22. The molecule has 5 heteroatoms. The van der Waals surface area contributed by atoms with Crippen molar-refractivity contribution in [3.63, 3.8) is 0 Å². The number of thiophene rings is 1. The minimum absolute atomic E-state index is 0.161. The number of hydrogen-bond donors (Lipinski definition) is 1. The van der Waals surface area contributed by atoms with Gasteiger partial charge in [-0.25, -0.2) is 4.79 Å². The fraction of sp³-hybridized carbons (Fsp3) is 0.625. The average Bonchev–Trinajstić information content (AvgIpc) is 2.72. The molecule has 0 aliphatic heterocycles. The lowest BCUT2D eigenvalue weighted by Gasteiger charge is -2.33. The molecule has 1 aromatic rings. The van der Waals surface area contributed by atoms with Crippen molar-refractivity contribution in [3.05, 3.63) is 16.0 Å². The van der Waals surface area contributed by atoms with E-state index in [1.54, 1.807) is 0 Å². The van der Waals surface area contributed by atoms with Crippen LogP contribution in [0.2, 0.25) is 0 Å². The number of carbonyl (C=O) groups is 2. The van der Waals surface area contributed by atoms with Crippen molar-refractivity contribution in [3.8, 4) is 0 Å². The van der Waals surface area contributed by atoms with Gasteiger partial charge in [0.1, 0.15) is 5.00 Å². The summed E-state index contributed by atoms with van der Waals surface area (Å²) in [6.07, 6.45) is 2.90. The molecule has 116 valence electrons. The van der Waals surface area contributed by atoms with Gasteiger partial charge in [-0.3, -0.25) is 4.79 Å². The predicted molar refractivity (Wildman–Crippen MR) is 84.9 cm³/mol. The van der Waals surface area contributed by atoms with E-state index in [4.69, 9.17) is 4.74 Å². The molecule has 0 aromatic carbocycles. The molecular weight excluding hydrogens is 286 g/mol. The van der Waals surface area contributed by atoms with Crippen LogP contribution >= 0.6 is 11.3 Å². The number of fused-ring (bicyclic) bond motifs is 1. The molecule has 0 bridgehead atoms. The van der Waals surface area contributed by atoms with Crippen molar-refractivity contribution in [2.45, 2.75) is 47.0 Å². The summed E-state index contributed by atoms with van der Waals surface area (Å²) >= 11 is 1.52. The number of carbonyl (C=O) groups excluding carboxylic acids is 2. The quantitative estimate of drug-likeness (QED) is 0.849. The largest absolute Gasteiger partial charge is 0.465 e. The normalized spacial score (nSPS) is 18.0. The Bertz CT molecular complexity index is 569. The standard InChI is InChI=1S/C16H23NO3S/c1-9(18)17-14-13(15(19)20-5)11-7-6-10(16(2,3)4)8-12(11)21-14/h10H,6-8H2,1-5H3,(H,17,18). The maximum Gasteiger partial charge on any atom is 0.341 e. The second-order valence-electron chi connectivity index (χ2n) is 6.69. The van der Waals surface area contributed by atoms with Crippen LogP contribution in [0.4, 0.5) is 5.00 Å². The van der Waals surface area contributed by atoms with Crippen LogP contribution in [0.15, 0.2) is 0 Å². The number of hydrogen-bond acceptors (Lipinski definition) is 4. The number of amides is 1. The lowest BCUT2D eigenvalue weighted by atomic mass is 9.72. The maximum atomic E-state index is 12.1. The molecular formula is C16H23NO3S. The van der Waals surface area contributed by atoms with Gasteiger partial charge in [0.15, 0.2) is 0 Å². The van der Waals surface area contributed by atoms with Gasteiger partial charge >= 0.3 is 5.97 Å². The molecule has 21 heavy (non-hydrogen) atoms. The fourth-order valence-corrected chi connectivity index (χ4v) is 4.25. The highest BCUT2D eigenvalue weighted by molar-refractivity contribution is 7.17. The van der Waals surface area contributed by atoms with E-state index in [2.05, 4.69) is 26.1 Å². The molecule has 4 nitrogen and oxygen atoms in total. The van der Waals surface area contributed by atoms with Gasteiger partial charge in [0.2, 0.25) is 5.91 Å². The highest BCUT2D eigenvalue weighted by Gasteiger charge is 2.34. The molecule has 1 aromatic heterocycles. The van der Waals surface area contributed by atoms with Crippen molar-refractivity contribution in [1.82, 2.24) is 0 Å². The molecule has 0 radical (unpaired) electrons. The molecule has 1 aliphatic rings. The summed E-state index contributed by atoms with van der Waals surface area (Å²) in [4.78, 5) is 24.6. The van der Waals surface area contributed by atoms with Crippen LogP contribution in [0.5, 0.6) is 0 Å². The van der Waals surface area contributed by atoms with Crippen LogP contribution < -0.4 is 5.32 Å². The first-order valence-electron chi connectivity index (χ1n) is 7.24. The third-order valence-corrected chi connectivity index (χ3v) is 5.34. The monoisotopic (exact) mass is 309 g/mol. The van der Waals surface area contributed by atoms with Crippen LogP contribution in [0.1, 0.15) is 54.9 Å². The maximum absolute atomic E-state index is 12.1. The SMILES string of the molecule is COC(=O)c1c(NC(C)=O)sc2c1CCC(C(C)(C)C)C2. The molecule has 1 heterocycles. The summed E-state index contributed by atoms with van der Waals surface area (Å²) in [5, 5.41) is 3.41. The van der Waals surface area contributed by atoms with Gasteiger partial charge in [0, 0.05) is 11.8 Å². The fourth-order valence-electron chi connectivity index (χ4n) is 2.89. The second kappa shape index (κ2) is 5.79. The number of anilines is 1. The molecule has 0 saturated carbocycles. The van der Waals surface area contributed by atoms with Gasteiger partial charge in [-0.05, 0) is 36.2 Å². The third kappa shape index (κ3) is 3.28. The number of ether oxygens (including phenoxy) is 1. The van der Waals surface area contributed by atoms with E-state index < -0.39 is 0 Å². The van der Waals surface area contributed by atoms with E-state index in [-0.39, 0.29) is 17.3 Å². The summed E-state index contributed by atoms with van der Waals surface area (Å²) in [6, 6.07) is 0. The Hall–Kier alpha value is -1.36. The molecule has 0 saturated heterocycles. The Morgan fingerprint density at radius 2 is 2.00 bits per heavy atom. The smallest absolute Gasteiger partial charge is 0.341 e. The highest BCUT2D eigenvalue weighted by atomic mass is 32.1. The molecule has 0 spiro atoms. The van der Waals surface area contributed by atoms with Crippen LogP contribution in [-0.4, -0.2) is 19.0 Å². The molecule has 1 aliphatic carbocycles. The van der Waals surface area contributed by atoms with E-state index in [1.807, 2.05) is 0 Å². The predicted octanol–water partition coefficient (Wildman–Crippen LogP) is 3.64. The van der Waals surface area contributed by atoms with Gasteiger partial charge in [0.25, 0.3) is 0 Å². The van der Waals surface area contributed by atoms with E-state index in [0.717, 1.165) is 24.8 Å². The van der Waals surface area contributed by atoms with E-state index in [0.29, 0.717) is 16.5 Å². The lowest BCUT2D eigenvalue weighted by Crippen LogP contribution is -2.26. The minimum Gasteiger partial charge on any atom is -0.465 e. The first-order chi connectivity index (χ1) is 9.74. The highest BCUT2D eigenvalue weighted by Crippen LogP contribution is 2.44. The number of esters is 1. The van der Waals surface area contributed by atoms with Crippen molar-refractivity contribution in [2.24, 2.45) is 11.3 Å². The van der Waals surface area contributed by atoms with Crippen molar-refractivity contribution >= 4 is 28.2 Å². The molecule has 1 N–H and O–H groups in total. The Morgan fingerprint density at radius 1 is 1.33 bits per heavy atom.